The van der Waals surface area contributed by atoms with E-state index in [0.29, 0.717) is 5.56 Å². The summed E-state index contributed by atoms with van der Waals surface area (Å²) in [5, 5.41) is 21.3. The highest BCUT2D eigenvalue weighted by molar-refractivity contribution is 5.88. The van der Waals surface area contributed by atoms with Gasteiger partial charge in [-0.25, -0.2) is 0 Å². The topological polar surface area (TPSA) is 53.0 Å². The van der Waals surface area contributed by atoms with Crippen molar-refractivity contribution in [3.05, 3.63) is 41.5 Å². The average Bonchev–Trinajstić information content (AvgIpc) is 3.01. The summed E-state index contributed by atoms with van der Waals surface area (Å²) >= 11 is 0. The van der Waals surface area contributed by atoms with Gasteiger partial charge in [-0.3, -0.25) is 0 Å². The van der Waals surface area contributed by atoms with Crippen LogP contribution < -0.4 is 0 Å². The third-order valence-corrected chi connectivity index (χ3v) is 3.08. The first kappa shape index (κ1) is 9.63. The van der Waals surface area contributed by atoms with Crippen molar-refractivity contribution in [3.8, 4) is 5.75 Å². The smallest absolute Gasteiger partial charge is 0.186 e. The van der Waals surface area contributed by atoms with Crippen LogP contribution in [0.1, 0.15) is 17.2 Å². The van der Waals surface area contributed by atoms with Crippen LogP contribution in [0.4, 0.5) is 0 Å². The molecule has 0 saturated carbocycles. The van der Waals surface area contributed by atoms with Crippen molar-refractivity contribution in [2.45, 2.75) is 19.3 Å². The van der Waals surface area contributed by atoms with E-state index in [4.69, 9.17) is 4.74 Å². The predicted molar refractivity (Wildman–Crippen MR) is 60.2 cm³/mol. The zero-order valence-corrected chi connectivity index (χ0v) is 8.84. The van der Waals surface area contributed by atoms with E-state index < -0.39 is 6.29 Å². The minimum absolute atomic E-state index is 0.222. The number of aryl methyl sites for hydroxylation is 1. The zero-order valence-electron chi connectivity index (χ0n) is 8.84. The van der Waals surface area contributed by atoms with Crippen LogP contribution in [0.3, 0.4) is 0 Å². The van der Waals surface area contributed by atoms with Crippen LogP contribution in [0.25, 0.3) is 10.8 Å². The molecule has 2 unspecified atom stereocenters. The first-order chi connectivity index (χ1) is 7.68. The lowest BCUT2D eigenvalue weighted by atomic mass is 9.99. The summed E-state index contributed by atoms with van der Waals surface area (Å²) in [6.45, 7) is 1.87. The molecule has 2 atom stereocenters. The van der Waals surface area contributed by atoms with Crippen molar-refractivity contribution in [1.29, 1.82) is 0 Å². The number of aliphatic hydroxyl groups is 1. The van der Waals surface area contributed by atoms with Crippen molar-refractivity contribution in [2.75, 3.05) is 0 Å². The van der Waals surface area contributed by atoms with E-state index in [1.807, 2.05) is 37.3 Å². The third kappa shape index (κ3) is 1.29. The summed E-state index contributed by atoms with van der Waals surface area (Å²) < 4.78 is 4.98. The summed E-state index contributed by atoms with van der Waals surface area (Å²) in [6, 6.07) is 9.72. The normalized spacial score (nSPS) is 23.6. The SMILES string of the molecule is Cc1c(O)c(C2OC2O)cc2ccccc12. The van der Waals surface area contributed by atoms with Crippen LogP contribution in [0.5, 0.6) is 5.75 Å². The molecule has 3 heteroatoms. The van der Waals surface area contributed by atoms with Gasteiger partial charge in [0.25, 0.3) is 0 Å². The maximum Gasteiger partial charge on any atom is 0.186 e. The molecule has 1 aliphatic heterocycles. The fourth-order valence-corrected chi connectivity index (χ4v) is 2.09. The molecule has 0 aromatic heterocycles. The van der Waals surface area contributed by atoms with Gasteiger partial charge in [0, 0.05) is 5.56 Å². The van der Waals surface area contributed by atoms with Crippen molar-refractivity contribution in [3.63, 3.8) is 0 Å². The van der Waals surface area contributed by atoms with Gasteiger partial charge in [-0.1, -0.05) is 24.3 Å². The maximum absolute atomic E-state index is 10.0. The zero-order chi connectivity index (χ0) is 11.3. The third-order valence-electron chi connectivity index (χ3n) is 3.08. The van der Waals surface area contributed by atoms with E-state index in [2.05, 4.69) is 0 Å². The number of aliphatic hydroxyl groups excluding tert-OH is 1. The van der Waals surface area contributed by atoms with Gasteiger partial charge in [0.05, 0.1) is 0 Å². The van der Waals surface area contributed by atoms with Crippen molar-refractivity contribution >= 4 is 10.8 Å². The number of phenols is 1. The molecule has 0 bridgehead atoms. The number of epoxide rings is 1. The van der Waals surface area contributed by atoms with E-state index in [0.717, 1.165) is 16.3 Å². The largest absolute Gasteiger partial charge is 0.507 e. The van der Waals surface area contributed by atoms with E-state index in [1.165, 1.54) is 0 Å². The maximum atomic E-state index is 10.0. The van der Waals surface area contributed by atoms with Crippen LogP contribution in [0.15, 0.2) is 30.3 Å². The van der Waals surface area contributed by atoms with Gasteiger partial charge in [0.2, 0.25) is 0 Å². The standard InChI is InChI=1S/C13H12O3/c1-7-9-5-3-2-4-8(9)6-10(11(7)14)12-13(15)16-12/h2-6,12-15H,1H3. The van der Waals surface area contributed by atoms with Gasteiger partial charge in [0.1, 0.15) is 11.9 Å². The minimum atomic E-state index is -0.772. The van der Waals surface area contributed by atoms with Crippen molar-refractivity contribution in [2.24, 2.45) is 0 Å². The van der Waals surface area contributed by atoms with E-state index >= 15 is 0 Å². The highest BCUT2D eigenvalue weighted by atomic mass is 16.7. The molecule has 3 rings (SSSR count). The molecule has 0 aliphatic carbocycles. The Labute approximate surface area is 92.9 Å². The molecule has 2 aromatic carbocycles. The Morgan fingerprint density at radius 1 is 1.25 bits per heavy atom. The number of hydrogen-bond acceptors (Lipinski definition) is 3. The minimum Gasteiger partial charge on any atom is -0.507 e. The molecule has 0 spiro atoms. The van der Waals surface area contributed by atoms with Gasteiger partial charge in [-0.05, 0) is 29.3 Å². The highest BCUT2D eigenvalue weighted by Gasteiger charge is 2.40. The monoisotopic (exact) mass is 216 g/mol. The lowest BCUT2D eigenvalue weighted by Gasteiger charge is -2.09. The van der Waals surface area contributed by atoms with Gasteiger partial charge in [-0.15, -0.1) is 0 Å². The summed E-state index contributed by atoms with van der Waals surface area (Å²) in [6.07, 6.45) is -1.14. The number of ether oxygens (including phenoxy) is 1. The van der Waals surface area contributed by atoms with Gasteiger partial charge < -0.3 is 14.9 Å². The lowest BCUT2D eigenvalue weighted by Crippen LogP contribution is -1.90. The molecule has 16 heavy (non-hydrogen) atoms. The lowest BCUT2D eigenvalue weighted by molar-refractivity contribution is 0.156. The van der Waals surface area contributed by atoms with E-state index in [9.17, 15) is 10.2 Å². The second kappa shape index (κ2) is 3.20. The molecular weight excluding hydrogens is 204 g/mol. The second-order valence-electron chi connectivity index (χ2n) is 4.11. The Balaban J connectivity index is 2.27. The van der Waals surface area contributed by atoms with Crippen LogP contribution in [0, 0.1) is 6.92 Å². The number of aromatic hydroxyl groups is 1. The van der Waals surface area contributed by atoms with Gasteiger partial charge >= 0.3 is 0 Å². The van der Waals surface area contributed by atoms with E-state index in [-0.39, 0.29) is 11.9 Å². The molecule has 82 valence electrons. The molecule has 1 aliphatic rings. The van der Waals surface area contributed by atoms with Gasteiger partial charge in [-0.2, -0.15) is 0 Å². The first-order valence-electron chi connectivity index (χ1n) is 5.23. The average molecular weight is 216 g/mol. The molecule has 2 N–H and O–H groups in total. The molecule has 1 fully saturated rings. The predicted octanol–water partition coefficient (Wildman–Crippen LogP) is 2.24. The number of hydrogen-bond donors (Lipinski definition) is 2. The van der Waals surface area contributed by atoms with Crippen LogP contribution >= 0.6 is 0 Å². The molecule has 0 radical (unpaired) electrons. The number of rotatable bonds is 1. The first-order valence-corrected chi connectivity index (χ1v) is 5.23. The molecule has 0 amide bonds. The molecule has 1 heterocycles. The fourth-order valence-electron chi connectivity index (χ4n) is 2.09. The number of phenolic OH excluding ortho intramolecular Hbond substituents is 1. The highest BCUT2D eigenvalue weighted by Crippen LogP contribution is 2.44. The molecular formula is C13H12O3. The summed E-state index contributed by atoms with van der Waals surface area (Å²) in [5.41, 5.74) is 1.50. The summed E-state index contributed by atoms with van der Waals surface area (Å²) in [4.78, 5) is 0. The Kier molecular flexibility index (Phi) is 1.93. The summed E-state index contributed by atoms with van der Waals surface area (Å²) in [7, 11) is 0. The van der Waals surface area contributed by atoms with Crippen LogP contribution in [0.2, 0.25) is 0 Å². The van der Waals surface area contributed by atoms with Crippen LogP contribution in [-0.2, 0) is 4.74 Å². The Hall–Kier alpha value is -1.58. The Morgan fingerprint density at radius 3 is 2.62 bits per heavy atom. The molecule has 1 saturated heterocycles. The van der Waals surface area contributed by atoms with E-state index in [1.54, 1.807) is 0 Å². The molecule has 2 aromatic rings. The number of fused-ring (bicyclic) bond motifs is 1. The Bertz CT molecular complexity index is 562. The second-order valence-corrected chi connectivity index (χ2v) is 4.11. The quantitative estimate of drug-likeness (QED) is 0.719. The fraction of sp³-hybridized carbons (Fsp3) is 0.231. The van der Waals surface area contributed by atoms with Gasteiger partial charge in [0.15, 0.2) is 6.29 Å². The summed E-state index contributed by atoms with van der Waals surface area (Å²) in [5.74, 6) is 0.222. The van der Waals surface area contributed by atoms with Crippen molar-refractivity contribution in [1.82, 2.24) is 0 Å². The molecule has 3 nitrogen and oxygen atoms in total. The van der Waals surface area contributed by atoms with Crippen LogP contribution in [-0.4, -0.2) is 16.5 Å². The Morgan fingerprint density at radius 2 is 1.94 bits per heavy atom. The van der Waals surface area contributed by atoms with Crippen molar-refractivity contribution < 1.29 is 14.9 Å². The number of benzene rings is 2.